The maximum absolute atomic E-state index is 13.7. The summed E-state index contributed by atoms with van der Waals surface area (Å²) in [4.78, 5) is 27.3. The Kier molecular flexibility index (Phi) is 6.23. The summed E-state index contributed by atoms with van der Waals surface area (Å²) in [6.45, 7) is 4.01. The van der Waals surface area contributed by atoms with Gasteiger partial charge in [0.1, 0.15) is 5.75 Å². The lowest BCUT2D eigenvalue weighted by Gasteiger charge is -2.59. The van der Waals surface area contributed by atoms with Crippen molar-refractivity contribution < 1.29 is 28.5 Å². The van der Waals surface area contributed by atoms with Crippen LogP contribution in [0.15, 0.2) is 97.1 Å². The molecular weight excluding hydrogens is 504 g/mol. The highest BCUT2D eigenvalue weighted by molar-refractivity contribution is 5.91. The third-order valence-electron chi connectivity index (χ3n) is 8.42. The van der Waals surface area contributed by atoms with Gasteiger partial charge in [0.25, 0.3) is 0 Å². The maximum atomic E-state index is 13.7. The predicted molar refractivity (Wildman–Crippen MR) is 150 cm³/mol. The topological polar surface area (TPSA) is 71.1 Å². The van der Waals surface area contributed by atoms with E-state index in [0.29, 0.717) is 16.9 Å². The molecule has 3 aliphatic rings. The van der Waals surface area contributed by atoms with Crippen molar-refractivity contribution in [2.24, 2.45) is 0 Å². The number of methoxy groups -OCH3 is 2. The summed E-state index contributed by atoms with van der Waals surface area (Å²) in [6.07, 6.45) is -1.86. The van der Waals surface area contributed by atoms with Crippen molar-refractivity contribution >= 4 is 11.9 Å². The minimum atomic E-state index is -1.20. The molecule has 0 spiro atoms. The predicted octanol–water partition coefficient (Wildman–Crippen LogP) is 5.98. The molecule has 0 saturated carbocycles. The number of esters is 2. The first-order valence-corrected chi connectivity index (χ1v) is 13.2. The first kappa shape index (κ1) is 25.8. The van der Waals surface area contributed by atoms with E-state index < -0.39 is 35.2 Å². The van der Waals surface area contributed by atoms with Crippen LogP contribution in [0.4, 0.5) is 0 Å². The van der Waals surface area contributed by atoms with Gasteiger partial charge in [0.15, 0.2) is 17.8 Å². The Balaban J connectivity index is 1.53. The molecule has 0 amide bonds. The maximum Gasteiger partial charge on any atom is 0.338 e. The molecule has 2 unspecified atom stereocenters. The van der Waals surface area contributed by atoms with Gasteiger partial charge in [-0.1, -0.05) is 66.2 Å². The van der Waals surface area contributed by atoms with Gasteiger partial charge in [-0.15, -0.1) is 0 Å². The van der Waals surface area contributed by atoms with Crippen molar-refractivity contribution in [2.45, 2.75) is 37.1 Å². The Morgan fingerprint density at radius 3 is 1.55 bits per heavy atom. The summed E-state index contributed by atoms with van der Waals surface area (Å²) in [5, 5.41) is 0. The minimum absolute atomic E-state index is 0.351. The standard InChI is InChI=1S/C34H30O6/c1-21-13-15-22(16-14-21)31(35)39-29-30(40-32(36)23-17-19-24(37-3)20-18-23)34(38-4)27-11-7-5-9-25(27)33(29,2)26-10-6-8-12-28(26)34/h5-20,29-30H,1-4H3/t29?,30?,33-,34-. The summed E-state index contributed by atoms with van der Waals surface area (Å²) < 4.78 is 24.3. The van der Waals surface area contributed by atoms with E-state index in [9.17, 15) is 9.59 Å². The monoisotopic (exact) mass is 534 g/mol. The lowest BCUT2D eigenvalue weighted by Crippen LogP contribution is -2.67. The van der Waals surface area contributed by atoms with E-state index in [1.165, 1.54) is 0 Å². The molecule has 202 valence electrons. The fourth-order valence-corrected chi connectivity index (χ4v) is 6.38. The number of benzene rings is 4. The Labute approximate surface area is 233 Å². The normalized spacial score (nSPS) is 24.0. The molecule has 6 nitrogen and oxygen atoms in total. The molecule has 40 heavy (non-hydrogen) atoms. The molecule has 0 saturated heterocycles. The highest BCUT2D eigenvalue weighted by atomic mass is 16.6. The van der Waals surface area contributed by atoms with Gasteiger partial charge in [0.2, 0.25) is 0 Å². The van der Waals surface area contributed by atoms with E-state index in [1.54, 1.807) is 50.6 Å². The quantitative estimate of drug-likeness (QED) is 0.284. The lowest BCUT2D eigenvalue weighted by molar-refractivity contribution is -0.167. The van der Waals surface area contributed by atoms with Gasteiger partial charge >= 0.3 is 11.9 Å². The average Bonchev–Trinajstić information content (AvgIpc) is 2.99. The molecule has 2 bridgehead atoms. The lowest BCUT2D eigenvalue weighted by atomic mass is 9.51. The van der Waals surface area contributed by atoms with Gasteiger partial charge in [-0.25, -0.2) is 9.59 Å². The van der Waals surface area contributed by atoms with E-state index >= 15 is 0 Å². The average molecular weight is 535 g/mol. The van der Waals surface area contributed by atoms with Gasteiger partial charge in [-0.2, -0.15) is 0 Å². The van der Waals surface area contributed by atoms with Crippen LogP contribution in [0.3, 0.4) is 0 Å². The third kappa shape index (κ3) is 3.67. The Morgan fingerprint density at radius 1 is 0.625 bits per heavy atom. The fourth-order valence-electron chi connectivity index (χ4n) is 6.38. The fraction of sp³-hybridized carbons (Fsp3) is 0.235. The third-order valence-corrected chi connectivity index (χ3v) is 8.42. The van der Waals surface area contributed by atoms with E-state index in [0.717, 1.165) is 27.8 Å². The zero-order valence-corrected chi connectivity index (χ0v) is 22.8. The largest absolute Gasteiger partial charge is 0.497 e. The van der Waals surface area contributed by atoms with Gasteiger partial charge in [-0.05, 0) is 72.5 Å². The first-order chi connectivity index (χ1) is 19.3. The number of carbonyl (C=O) groups is 2. The minimum Gasteiger partial charge on any atom is -0.497 e. The molecule has 0 aromatic heterocycles. The summed E-state index contributed by atoms with van der Waals surface area (Å²) in [5.74, 6) is -0.418. The molecule has 0 aliphatic heterocycles. The van der Waals surface area contributed by atoms with Crippen molar-refractivity contribution in [3.63, 3.8) is 0 Å². The van der Waals surface area contributed by atoms with E-state index in [4.69, 9.17) is 18.9 Å². The van der Waals surface area contributed by atoms with Gasteiger partial charge in [0.05, 0.1) is 23.7 Å². The molecule has 0 N–H and O–H groups in total. The van der Waals surface area contributed by atoms with E-state index in [2.05, 4.69) is 0 Å². The van der Waals surface area contributed by atoms with E-state index in [1.807, 2.05) is 74.5 Å². The van der Waals surface area contributed by atoms with Crippen LogP contribution in [0, 0.1) is 6.92 Å². The van der Waals surface area contributed by atoms with Crippen LogP contribution in [0.5, 0.6) is 5.75 Å². The van der Waals surface area contributed by atoms with Crippen LogP contribution >= 0.6 is 0 Å². The number of hydrogen-bond donors (Lipinski definition) is 0. The number of hydrogen-bond acceptors (Lipinski definition) is 6. The first-order valence-electron chi connectivity index (χ1n) is 13.2. The number of aryl methyl sites for hydroxylation is 1. The van der Waals surface area contributed by atoms with Crippen LogP contribution in [0.25, 0.3) is 0 Å². The number of fused-ring (bicyclic) bond motifs is 1. The SMILES string of the molecule is COc1ccc(C(=O)OC2C(OC(=O)c3ccc(C)cc3)[C@]3(C)c4ccccc4[C@@]2(OC)c2ccccc23)cc1. The highest BCUT2D eigenvalue weighted by Crippen LogP contribution is 2.61. The molecule has 3 aliphatic carbocycles. The summed E-state index contributed by atoms with van der Waals surface area (Å²) in [6, 6.07) is 29.8. The molecule has 0 heterocycles. The second-order valence-corrected chi connectivity index (χ2v) is 10.5. The molecule has 0 fully saturated rings. The van der Waals surface area contributed by atoms with Crippen LogP contribution in [0.2, 0.25) is 0 Å². The van der Waals surface area contributed by atoms with Crippen LogP contribution in [-0.2, 0) is 25.2 Å². The molecule has 4 aromatic rings. The summed E-state index contributed by atoms with van der Waals surface area (Å²) in [7, 11) is 3.17. The van der Waals surface area contributed by atoms with Gasteiger partial charge in [-0.3, -0.25) is 0 Å². The summed E-state index contributed by atoms with van der Waals surface area (Å²) >= 11 is 0. The zero-order chi connectivity index (χ0) is 28.1. The Bertz CT molecular complexity index is 1540. The second kappa shape index (κ2) is 9.65. The van der Waals surface area contributed by atoms with Crippen molar-refractivity contribution in [3.8, 4) is 5.75 Å². The van der Waals surface area contributed by atoms with Crippen molar-refractivity contribution in [1.29, 1.82) is 0 Å². The van der Waals surface area contributed by atoms with Crippen LogP contribution < -0.4 is 4.74 Å². The smallest absolute Gasteiger partial charge is 0.338 e. The Morgan fingerprint density at radius 2 is 1.07 bits per heavy atom. The Hall–Kier alpha value is -4.42. The summed E-state index contributed by atoms with van der Waals surface area (Å²) in [5.41, 5.74) is 3.48. The molecule has 6 heteroatoms. The molecule has 7 rings (SSSR count). The molecule has 4 aromatic carbocycles. The number of ether oxygens (including phenoxy) is 4. The van der Waals surface area contributed by atoms with Crippen LogP contribution in [0.1, 0.15) is 55.5 Å². The number of rotatable bonds is 6. The molecular formula is C34H30O6. The molecule has 0 radical (unpaired) electrons. The van der Waals surface area contributed by atoms with Gasteiger partial charge < -0.3 is 18.9 Å². The molecule has 2 atom stereocenters. The van der Waals surface area contributed by atoms with Crippen molar-refractivity contribution in [2.75, 3.05) is 14.2 Å². The highest BCUT2D eigenvalue weighted by Gasteiger charge is 2.68. The van der Waals surface area contributed by atoms with Crippen molar-refractivity contribution in [3.05, 3.63) is 136 Å². The van der Waals surface area contributed by atoms with E-state index in [-0.39, 0.29) is 0 Å². The van der Waals surface area contributed by atoms with Gasteiger partial charge in [0, 0.05) is 7.11 Å². The second-order valence-electron chi connectivity index (χ2n) is 10.5. The van der Waals surface area contributed by atoms with Crippen LogP contribution in [-0.4, -0.2) is 38.4 Å². The van der Waals surface area contributed by atoms with Crippen molar-refractivity contribution in [1.82, 2.24) is 0 Å². The zero-order valence-electron chi connectivity index (χ0n) is 22.8. The number of carbonyl (C=O) groups excluding carboxylic acids is 2.